The van der Waals surface area contributed by atoms with Crippen LogP contribution in [0.15, 0.2) is 42.5 Å². The zero-order valence-corrected chi connectivity index (χ0v) is 22.1. The van der Waals surface area contributed by atoms with Crippen LogP contribution >= 0.6 is 12.4 Å². The van der Waals surface area contributed by atoms with Gasteiger partial charge in [-0.25, -0.2) is 0 Å². The average molecular weight is 509 g/mol. The average Bonchev–Trinajstić information content (AvgIpc) is 3.52. The number of nitrogens with zero attached hydrogens (tertiary/aromatic N) is 1. The Morgan fingerprint density at radius 3 is 2.78 bits per heavy atom. The van der Waals surface area contributed by atoms with Crippen LogP contribution in [0.2, 0.25) is 0 Å². The molecule has 0 spiro atoms. The van der Waals surface area contributed by atoms with E-state index in [0.29, 0.717) is 18.4 Å². The van der Waals surface area contributed by atoms with E-state index in [4.69, 9.17) is 9.47 Å². The van der Waals surface area contributed by atoms with Crippen molar-refractivity contribution in [2.45, 2.75) is 68.6 Å². The van der Waals surface area contributed by atoms with Gasteiger partial charge in [-0.2, -0.15) is 0 Å². The number of methoxy groups -OCH3 is 1. The molecule has 6 heteroatoms. The van der Waals surface area contributed by atoms with E-state index in [1.807, 2.05) is 31.2 Å². The van der Waals surface area contributed by atoms with Crippen molar-refractivity contribution < 1.29 is 14.3 Å². The van der Waals surface area contributed by atoms with Crippen molar-refractivity contribution >= 4 is 18.3 Å². The van der Waals surface area contributed by atoms with E-state index in [0.717, 1.165) is 55.0 Å². The molecule has 4 bridgehead atoms. The number of aryl methyl sites for hydroxylation is 1. The van der Waals surface area contributed by atoms with E-state index in [1.165, 1.54) is 30.5 Å². The molecule has 3 heterocycles. The second-order valence-corrected chi connectivity index (χ2v) is 11.7. The molecule has 3 aliphatic heterocycles. The highest BCUT2D eigenvalue weighted by Crippen LogP contribution is 2.66. The number of hydrogen-bond donors (Lipinski definition) is 1. The number of fused-ring (bicyclic) bond motifs is 4. The van der Waals surface area contributed by atoms with Crippen LogP contribution in [0.1, 0.15) is 65.1 Å². The van der Waals surface area contributed by atoms with E-state index >= 15 is 0 Å². The smallest absolute Gasteiger partial charge is 0.251 e. The van der Waals surface area contributed by atoms with Gasteiger partial charge < -0.3 is 14.8 Å². The number of halogens is 1. The second-order valence-electron chi connectivity index (χ2n) is 11.7. The van der Waals surface area contributed by atoms with E-state index in [1.54, 1.807) is 7.11 Å². The van der Waals surface area contributed by atoms with Crippen molar-refractivity contribution in [3.63, 3.8) is 0 Å². The topological polar surface area (TPSA) is 50.8 Å². The van der Waals surface area contributed by atoms with Crippen LogP contribution in [-0.2, 0) is 11.2 Å². The summed E-state index contributed by atoms with van der Waals surface area (Å²) >= 11 is 0. The number of benzene rings is 2. The van der Waals surface area contributed by atoms with Gasteiger partial charge in [-0.1, -0.05) is 24.3 Å². The molecule has 5 atom stereocenters. The maximum atomic E-state index is 13.2. The number of carbonyl (C=O) groups excluding carboxylic acids is 1. The Kier molecular flexibility index (Phi) is 5.90. The molecule has 1 amide bonds. The van der Waals surface area contributed by atoms with Gasteiger partial charge in [0.2, 0.25) is 0 Å². The second kappa shape index (κ2) is 8.75. The summed E-state index contributed by atoms with van der Waals surface area (Å²) in [6.45, 7) is 4.96. The van der Waals surface area contributed by atoms with E-state index in [-0.39, 0.29) is 35.6 Å². The highest BCUT2D eigenvalue weighted by atomic mass is 35.5. The van der Waals surface area contributed by atoms with Crippen LogP contribution < -0.4 is 10.1 Å². The quantitative estimate of drug-likeness (QED) is 0.603. The van der Waals surface area contributed by atoms with Crippen LogP contribution in [0.25, 0.3) is 0 Å². The standard InChI is InChI=1S/C30H36N2O3.ClH/c1-19-5-3-4-6-23(19)28(33)31-18-29-13-11-26(35-29)30-16-21-9-10-22(34-2)15-25(21)24(27(29)30)12-14-32(30)17-20-7-8-20;/h3-6,9-10,15,20,24,26-27H,7-8,11-14,16-18H2,1-2H3,(H,31,33);1H/t24?,26?,27?,29-,30?;/m0./s1. The first-order chi connectivity index (χ1) is 17.0. The van der Waals surface area contributed by atoms with Crippen molar-refractivity contribution in [1.82, 2.24) is 10.2 Å². The van der Waals surface area contributed by atoms with E-state index < -0.39 is 0 Å². The molecular weight excluding hydrogens is 472 g/mol. The minimum Gasteiger partial charge on any atom is -0.497 e. The lowest BCUT2D eigenvalue weighted by Gasteiger charge is -2.60. The Morgan fingerprint density at radius 2 is 2.00 bits per heavy atom. The third-order valence-corrected chi connectivity index (χ3v) is 9.91. The maximum absolute atomic E-state index is 13.2. The largest absolute Gasteiger partial charge is 0.497 e. The first kappa shape index (κ1) is 24.3. The summed E-state index contributed by atoms with van der Waals surface area (Å²) in [6.07, 6.45) is 7.33. The van der Waals surface area contributed by atoms with Gasteiger partial charge >= 0.3 is 0 Å². The summed E-state index contributed by atoms with van der Waals surface area (Å²) in [7, 11) is 1.76. The number of piperidine rings is 1. The number of amides is 1. The molecule has 36 heavy (non-hydrogen) atoms. The summed E-state index contributed by atoms with van der Waals surface area (Å²) in [4.78, 5) is 16.0. The molecule has 2 aliphatic carbocycles. The van der Waals surface area contributed by atoms with Gasteiger partial charge in [0, 0.05) is 24.6 Å². The molecule has 0 radical (unpaired) electrons. The lowest BCUT2D eigenvalue weighted by Crippen LogP contribution is -2.70. The summed E-state index contributed by atoms with van der Waals surface area (Å²) in [5, 5.41) is 3.33. The SMILES string of the molecule is COc1ccc2c(c1)C1CCN(CC3CC3)C3(C2)C2CC[C@@](CNC(=O)c4ccccc4C)(O2)C13.Cl. The lowest BCUT2D eigenvalue weighted by molar-refractivity contribution is -0.0545. The fourth-order valence-corrected chi connectivity index (χ4v) is 8.25. The van der Waals surface area contributed by atoms with Crippen molar-refractivity contribution in [3.8, 4) is 5.75 Å². The van der Waals surface area contributed by atoms with Crippen LogP contribution in [-0.4, -0.2) is 54.8 Å². The maximum Gasteiger partial charge on any atom is 0.251 e. The molecule has 192 valence electrons. The predicted octanol–water partition coefficient (Wildman–Crippen LogP) is 4.90. The molecule has 2 aromatic carbocycles. The van der Waals surface area contributed by atoms with Gasteiger partial charge in [0.15, 0.2) is 0 Å². The molecule has 5 aliphatic rings. The van der Waals surface area contributed by atoms with E-state index in [2.05, 4.69) is 28.4 Å². The van der Waals surface area contributed by atoms with Gasteiger partial charge in [-0.15, -0.1) is 12.4 Å². The highest BCUT2D eigenvalue weighted by Gasteiger charge is 2.73. The van der Waals surface area contributed by atoms with Crippen molar-refractivity contribution in [2.75, 3.05) is 26.7 Å². The van der Waals surface area contributed by atoms with Gasteiger partial charge in [0.05, 0.1) is 24.4 Å². The zero-order valence-electron chi connectivity index (χ0n) is 21.3. The Hall–Kier alpha value is -2.08. The highest BCUT2D eigenvalue weighted by molar-refractivity contribution is 5.95. The van der Waals surface area contributed by atoms with E-state index in [9.17, 15) is 4.79 Å². The van der Waals surface area contributed by atoms with Crippen LogP contribution in [0, 0.1) is 18.8 Å². The molecule has 1 saturated carbocycles. The lowest BCUT2D eigenvalue weighted by atomic mass is 9.52. The number of nitrogens with one attached hydrogen (secondary N) is 1. The minimum absolute atomic E-state index is 0. The molecule has 0 aromatic heterocycles. The number of ether oxygens (including phenoxy) is 2. The monoisotopic (exact) mass is 508 g/mol. The third kappa shape index (κ3) is 3.46. The van der Waals surface area contributed by atoms with Crippen molar-refractivity contribution in [2.24, 2.45) is 11.8 Å². The number of hydrogen-bond acceptors (Lipinski definition) is 4. The van der Waals surface area contributed by atoms with Gasteiger partial charge in [0.1, 0.15) is 5.75 Å². The number of carbonyl (C=O) groups is 1. The fraction of sp³-hybridized carbons (Fsp3) is 0.567. The molecule has 5 nitrogen and oxygen atoms in total. The van der Waals surface area contributed by atoms with Crippen LogP contribution in [0.3, 0.4) is 0 Å². The summed E-state index contributed by atoms with van der Waals surface area (Å²) in [5.41, 5.74) is 4.47. The first-order valence-electron chi connectivity index (χ1n) is 13.5. The summed E-state index contributed by atoms with van der Waals surface area (Å²) in [6, 6.07) is 14.6. The fourth-order valence-electron chi connectivity index (χ4n) is 8.25. The number of likely N-dealkylation sites (tertiary alicyclic amines) is 1. The predicted molar refractivity (Wildman–Crippen MR) is 142 cm³/mol. The Balaban J connectivity index is 0.00000240. The van der Waals surface area contributed by atoms with Gasteiger partial charge in [-0.05, 0) is 98.7 Å². The minimum atomic E-state index is -0.295. The molecule has 7 rings (SSSR count). The molecule has 2 aromatic rings. The molecule has 4 unspecified atom stereocenters. The third-order valence-electron chi connectivity index (χ3n) is 9.91. The van der Waals surface area contributed by atoms with Crippen molar-refractivity contribution in [3.05, 3.63) is 64.7 Å². The van der Waals surface area contributed by atoms with Crippen LogP contribution in [0.4, 0.5) is 0 Å². The van der Waals surface area contributed by atoms with Crippen molar-refractivity contribution in [1.29, 1.82) is 0 Å². The normalized spacial score (nSPS) is 33.9. The Bertz CT molecular complexity index is 1180. The zero-order chi connectivity index (χ0) is 23.8. The Labute approximate surface area is 220 Å². The van der Waals surface area contributed by atoms with Crippen LogP contribution in [0.5, 0.6) is 5.75 Å². The number of rotatable bonds is 6. The van der Waals surface area contributed by atoms with Gasteiger partial charge in [-0.3, -0.25) is 9.69 Å². The Morgan fingerprint density at radius 1 is 1.17 bits per heavy atom. The summed E-state index contributed by atoms with van der Waals surface area (Å²) in [5.74, 6) is 2.67. The molecule has 4 fully saturated rings. The first-order valence-corrected chi connectivity index (χ1v) is 13.5. The summed E-state index contributed by atoms with van der Waals surface area (Å²) < 4.78 is 12.7. The molecular formula is C30H37ClN2O3. The molecule has 1 N–H and O–H groups in total. The molecule has 3 saturated heterocycles. The van der Waals surface area contributed by atoms with Gasteiger partial charge in [0.25, 0.3) is 5.91 Å².